The van der Waals surface area contributed by atoms with E-state index in [9.17, 15) is 4.79 Å². The summed E-state index contributed by atoms with van der Waals surface area (Å²) in [6.45, 7) is 9.49. The third-order valence-corrected chi connectivity index (χ3v) is 4.96. The van der Waals surface area contributed by atoms with Crippen LogP contribution in [0.2, 0.25) is 4.34 Å². The first-order valence-corrected chi connectivity index (χ1v) is 9.10. The monoisotopic (exact) mass is 345 g/mol. The van der Waals surface area contributed by atoms with Gasteiger partial charge in [0.25, 0.3) is 0 Å². The van der Waals surface area contributed by atoms with Crippen molar-refractivity contribution in [2.45, 2.75) is 46.2 Å². The molecule has 0 radical (unpaired) electrons. The van der Waals surface area contributed by atoms with Crippen LogP contribution in [0.3, 0.4) is 0 Å². The minimum atomic E-state index is 0.00392. The number of urea groups is 1. The van der Waals surface area contributed by atoms with Gasteiger partial charge in [0.15, 0.2) is 0 Å². The summed E-state index contributed by atoms with van der Waals surface area (Å²) >= 11 is 7.45. The molecule has 0 atom stereocenters. The molecule has 2 amide bonds. The maximum absolute atomic E-state index is 12.2. The van der Waals surface area contributed by atoms with Gasteiger partial charge < -0.3 is 15.1 Å². The van der Waals surface area contributed by atoms with Gasteiger partial charge in [-0.15, -0.1) is 11.3 Å². The van der Waals surface area contributed by atoms with Crippen molar-refractivity contribution in [1.82, 2.24) is 15.1 Å². The lowest BCUT2D eigenvalue weighted by molar-refractivity contribution is 0.198. The molecule has 1 heterocycles. The number of carbonyl (C=O) groups is 1. The lowest BCUT2D eigenvalue weighted by atomic mass is 10.2. The molecular weight excluding hydrogens is 318 g/mol. The number of nitrogens with zero attached hydrogens (tertiary/aromatic N) is 2. The standard InChI is InChI=1S/C16H28ClN3OS/c1-5-20(12-14-8-9-15(17)22-14)16(21)18-10-6-7-11-19(4)13(2)3/h8-9,13H,5-7,10-12H2,1-4H3,(H,18,21). The SMILES string of the molecule is CCN(Cc1ccc(Cl)s1)C(=O)NCCCCN(C)C(C)C. The molecule has 4 nitrogen and oxygen atoms in total. The highest BCUT2D eigenvalue weighted by molar-refractivity contribution is 7.16. The molecule has 6 heteroatoms. The van der Waals surface area contributed by atoms with Gasteiger partial charge in [-0.05, 0) is 59.3 Å². The van der Waals surface area contributed by atoms with Crippen LogP contribution in [0, 0.1) is 0 Å². The zero-order valence-electron chi connectivity index (χ0n) is 14.1. The number of rotatable bonds is 9. The smallest absolute Gasteiger partial charge is 0.317 e. The number of unbranched alkanes of at least 4 members (excludes halogenated alkanes) is 1. The Kier molecular flexibility index (Phi) is 8.83. The Morgan fingerprint density at radius 2 is 2.09 bits per heavy atom. The van der Waals surface area contributed by atoms with Crippen molar-refractivity contribution in [3.63, 3.8) is 0 Å². The van der Waals surface area contributed by atoms with Gasteiger partial charge in [-0.25, -0.2) is 4.79 Å². The van der Waals surface area contributed by atoms with E-state index in [1.807, 2.05) is 24.0 Å². The molecule has 1 N–H and O–H groups in total. The summed E-state index contributed by atoms with van der Waals surface area (Å²) in [5.74, 6) is 0. The summed E-state index contributed by atoms with van der Waals surface area (Å²) in [5.41, 5.74) is 0. The van der Waals surface area contributed by atoms with Crippen LogP contribution in [0.15, 0.2) is 12.1 Å². The Labute approximate surface area is 143 Å². The quantitative estimate of drug-likeness (QED) is 0.685. The molecule has 0 saturated heterocycles. The average Bonchev–Trinajstić information content (AvgIpc) is 2.89. The summed E-state index contributed by atoms with van der Waals surface area (Å²) in [7, 11) is 2.13. The summed E-state index contributed by atoms with van der Waals surface area (Å²) in [6, 6.07) is 4.43. The van der Waals surface area contributed by atoms with Crippen LogP contribution in [0.5, 0.6) is 0 Å². The summed E-state index contributed by atoms with van der Waals surface area (Å²) in [6.07, 6.45) is 2.10. The van der Waals surface area contributed by atoms with E-state index in [1.165, 1.54) is 11.3 Å². The highest BCUT2D eigenvalue weighted by Crippen LogP contribution is 2.22. The minimum absolute atomic E-state index is 0.00392. The normalized spacial score (nSPS) is 11.2. The molecule has 126 valence electrons. The van der Waals surface area contributed by atoms with Crippen LogP contribution in [0.4, 0.5) is 4.79 Å². The molecule has 0 aliphatic heterocycles. The largest absolute Gasteiger partial charge is 0.338 e. The molecule has 1 aromatic rings. The van der Waals surface area contributed by atoms with Gasteiger partial charge in [-0.2, -0.15) is 0 Å². The van der Waals surface area contributed by atoms with Crippen LogP contribution >= 0.6 is 22.9 Å². The van der Waals surface area contributed by atoms with E-state index in [-0.39, 0.29) is 6.03 Å². The van der Waals surface area contributed by atoms with E-state index in [0.717, 1.165) is 35.1 Å². The first-order valence-electron chi connectivity index (χ1n) is 7.91. The third-order valence-electron chi connectivity index (χ3n) is 3.74. The van der Waals surface area contributed by atoms with E-state index in [0.29, 0.717) is 19.1 Å². The Morgan fingerprint density at radius 1 is 1.36 bits per heavy atom. The van der Waals surface area contributed by atoms with E-state index >= 15 is 0 Å². The van der Waals surface area contributed by atoms with E-state index in [2.05, 4.69) is 31.1 Å². The molecule has 22 heavy (non-hydrogen) atoms. The molecule has 0 aliphatic rings. The van der Waals surface area contributed by atoms with Crippen molar-refractivity contribution in [3.05, 3.63) is 21.3 Å². The summed E-state index contributed by atoms with van der Waals surface area (Å²) < 4.78 is 0.765. The number of halogens is 1. The van der Waals surface area contributed by atoms with Gasteiger partial charge in [0, 0.05) is 24.0 Å². The Bertz CT molecular complexity index is 450. The number of hydrogen-bond donors (Lipinski definition) is 1. The number of amides is 2. The lowest BCUT2D eigenvalue weighted by Gasteiger charge is -2.22. The fourth-order valence-electron chi connectivity index (χ4n) is 2.00. The molecule has 1 aromatic heterocycles. The first kappa shape index (κ1) is 19.3. The van der Waals surface area contributed by atoms with Crippen LogP contribution in [-0.4, -0.2) is 48.6 Å². The molecule has 1 rings (SSSR count). The predicted molar refractivity (Wildman–Crippen MR) is 95.8 cm³/mol. The van der Waals surface area contributed by atoms with Crippen LogP contribution in [-0.2, 0) is 6.54 Å². The van der Waals surface area contributed by atoms with Crippen LogP contribution < -0.4 is 5.32 Å². The number of hydrogen-bond acceptors (Lipinski definition) is 3. The van der Waals surface area contributed by atoms with E-state index in [4.69, 9.17) is 11.6 Å². The molecule has 0 unspecified atom stereocenters. The van der Waals surface area contributed by atoms with Gasteiger partial charge >= 0.3 is 6.03 Å². The zero-order valence-corrected chi connectivity index (χ0v) is 15.6. The second-order valence-corrected chi connectivity index (χ2v) is 7.53. The Balaban J connectivity index is 2.24. The van der Waals surface area contributed by atoms with Gasteiger partial charge in [-0.1, -0.05) is 11.6 Å². The summed E-state index contributed by atoms with van der Waals surface area (Å²) in [5, 5.41) is 3.00. The van der Waals surface area contributed by atoms with Crippen molar-refractivity contribution in [3.8, 4) is 0 Å². The molecule has 0 spiro atoms. The van der Waals surface area contributed by atoms with Crippen molar-refractivity contribution in [2.24, 2.45) is 0 Å². The number of carbonyl (C=O) groups excluding carboxylic acids is 1. The molecule has 0 bridgehead atoms. The van der Waals surface area contributed by atoms with Crippen molar-refractivity contribution >= 4 is 29.0 Å². The second kappa shape index (κ2) is 10.1. The fourth-order valence-corrected chi connectivity index (χ4v) is 3.11. The van der Waals surface area contributed by atoms with Gasteiger partial charge in [0.2, 0.25) is 0 Å². The molecule has 0 aliphatic carbocycles. The molecular formula is C16H28ClN3OS. The topological polar surface area (TPSA) is 35.6 Å². The third kappa shape index (κ3) is 6.99. The predicted octanol–water partition coefficient (Wildman–Crippen LogP) is 4.05. The van der Waals surface area contributed by atoms with Crippen molar-refractivity contribution in [1.29, 1.82) is 0 Å². The number of thiophene rings is 1. The maximum Gasteiger partial charge on any atom is 0.317 e. The highest BCUT2D eigenvalue weighted by Gasteiger charge is 2.12. The van der Waals surface area contributed by atoms with Gasteiger partial charge in [-0.3, -0.25) is 0 Å². The lowest BCUT2D eigenvalue weighted by Crippen LogP contribution is -2.39. The van der Waals surface area contributed by atoms with Crippen LogP contribution in [0.25, 0.3) is 0 Å². The fraction of sp³-hybridized carbons (Fsp3) is 0.688. The Hall–Kier alpha value is -0.780. The van der Waals surface area contributed by atoms with Crippen molar-refractivity contribution in [2.75, 3.05) is 26.7 Å². The summed E-state index contributed by atoms with van der Waals surface area (Å²) in [4.78, 5) is 17.4. The van der Waals surface area contributed by atoms with Crippen LogP contribution in [0.1, 0.15) is 38.5 Å². The average molecular weight is 346 g/mol. The number of nitrogens with one attached hydrogen (secondary N) is 1. The van der Waals surface area contributed by atoms with Crippen molar-refractivity contribution < 1.29 is 4.79 Å². The minimum Gasteiger partial charge on any atom is -0.338 e. The molecule has 0 saturated carbocycles. The highest BCUT2D eigenvalue weighted by atomic mass is 35.5. The van der Waals surface area contributed by atoms with E-state index in [1.54, 1.807) is 0 Å². The van der Waals surface area contributed by atoms with Gasteiger partial charge in [0.05, 0.1) is 10.9 Å². The zero-order chi connectivity index (χ0) is 16.5. The maximum atomic E-state index is 12.2. The van der Waals surface area contributed by atoms with Gasteiger partial charge in [0.1, 0.15) is 0 Å². The second-order valence-electron chi connectivity index (χ2n) is 5.73. The molecule has 0 fully saturated rings. The molecule has 0 aromatic carbocycles. The Morgan fingerprint density at radius 3 is 2.64 bits per heavy atom. The first-order chi connectivity index (χ1) is 10.4. The van der Waals surface area contributed by atoms with E-state index < -0.39 is 0 Å².